The van der Waals surface area contributed by atoms with Crippen molar-refractivity contribution in [1.82, 2.24) is 4.98 Å². The molecular formula is C12H14N2OS. The Bertz CT molecular complexity index is 454. The summed E-state index contributed by atoms with van der Waals surface area (Å²) in [6.07, 6.45) is 1.78. The Morgan fingerprint density at radius 2 is 2.31 bits per heavy atom. The summed E-state index contributed by atoms with van der Waals surface area (Å²) >= 11 is 1.59. The van der Waals surface area contributed by atoms with Crippen LogP contribution in [-0.4, -0.2) is 4.98 Å². The van der Waals surface area contributed by atoms with Crippen molar-refractivity contribution in [2.24, 2.45) is 5.73 Å². The first-order valence-corrected chi connectivity index (χ1v) is 5.98. The molecule has 84 valence electrons. The van der Waals surface area contributed by atoms with E-state index in [2.05, 4.69) is 11.1 Å². The molecule has 0 aliphatic heterocycles. The van der Waals surface area contributed by atoms with Gasteiger partial charge in [-0.3, -0.25) is 0 Å². The molecule has 2 rings (SSSR count). The normalized spacial score (nSPS) is 10.4. The van der Waals surface area contributed by atoms with Gasteiger partial charge in [0.2, 0.25) is 0 Å². The van der Waals surface area contributed by atoms with Crippen LogP contribution in [0.2, 0.25) is 0 Å². The van der Waals surface area contributed by atoms with E-state index >= 15 is 0 Å². The Morgan fingerprint density at radius 1 is 1.44 bits per heavy atom. The maximum absolute atomic E-state index is 5.70. The number of aromatic nitrogens is 1. The van der Waals surface area contributed by atoms with Gasteiger partial charge in [-0.05, 0) is 13.0 Å². The van der Waals surface area contributed by atoms with Gasteiger partial charge in [-0.1, -0.05) is 17.7 Å². The molecule has 0 saturated heterocycles. The number of rotatable bonds is 4. The standard InChI is InChI=1S/C12H14N2OS/c1-9-2-3-11(10(6-9)7-13)15-8-12-14-4-5-16-12/h2-6H,7-8,13H2,1H3. The number of thiazole rings is 1. The summed E-state index contributed by atoms with van der Waals surface area (Å²) in [5.74, 6) is 0.850. The minimum Gasteiger partial charge on any atom is -0.486 e. The number of aryl methyl sites for hydroxylation is 1. The Kier molecular flexibility index (Phi) is 3.54. The molecule has 0 fully saturated rings. The number of nitrogens with two attached hydrogens (primary N) is 1. The fraction of sp³-hybridized carbons (Fsp3) is 0.250. The average molecular weight is 234 g/mol. The summed E-state index contributed by atoms with van der Waals surface area (Å²) < 4.78 is 5.70. The van der Waals surface area contributed by atoms with Gasteiger partial charge in [0.1, 0.15) is 17.4 Å². The first-order chi connectivity index (χ1) is 7.79. The smallest absolute Gasteiger partial charge is 0.140 e. The van der Waals surface area contributed by atoms with Crippen molar-refractivity contribution in [1.29, 1.82) is 0 Å². The van der Waals surface area contributed by atoms with Crippen LogP contribution in [0.5, 0.6) is 5.75 Å². The second kappa shape index (κ2) is 5.09. The van der Waals surface area contributed by atoms with E-state index in [9.17, 15) is 0 Å². The fourth-order valence-electron chi connectivity index (χ4n) is 1.47. The molecule has 0 bridgehead atoms. The molecule has 2 N–H and O–H groups in total. The van der Waals surface area contributed by atoms with Gasteiger partial charge in [0.15, 0.2) is 0 Å². The summed E-state index contributed by atoms with van der Waals surface area (Å²) in [7, 11) is 0. The Balaban J connectivity index is 2.09. The molecule has 0 saturated carbocycles. The maximum Gasteiger partial charge on any atom is 0.140 e. The molecule has 0 amide bonds. The van der Waals surface area contributed by atoms with E-state index in [0.717, 1.165) is 16.3 Å². The van der Waals surface area contributed by atoms with Gasteiger partial charge < -0.3 is 10.5 Å². The van der Waals surface area contributed by atoms with E-state index in [1.165, 1.54) is 5.56 Å². The highest BCUT2D eigenvalue weighted by Crippen LogP contribution is 2.21. The van der Waals surface area contributed by atoms with Gasteiger partial charge in [-0.25, -0.2) is 4.98 Å². The minimum atomic E-state index is 0.495. The lowest BCUT2D eigenvalue weighted by Gasteiger charge is -2.09. The lowest BCUT2D eigenvalue weighted by Crippen LogP contribution is -2.02. The molecule has 0 radical (unpaired) electrons. The summed E-state index contributed by atoms with van der Waals surface area (Å²) in [5.41, 5.74) is 7.91. The average Bonchev–Trinajstić information content (AvgIpc) is 2.80. The number of nitrogens with zero attached hydrogens (tertiary/aromatic N) is 1. The number of hydrogen-bond acceptors (Lipinski definition) is 4. The van der Waals surface area contributed by atoms with E-state index in [4.69, 9.17) is 10.5 Å². The Labute approximate surface area is 98.9 Å². The van der Waals surface area contributed by atoms with Crippen LogP contribution in [0, 0.1) is 6.92 Å². The van der Waals surface area contributed by atoms with Crippen molar-refractivity contribution in [2.75, 3.05) is 0 Å². The lowest BCUT2D eigenvalue weighted by molar-refractivity contribution is 0.302. The predicted molar refractivity (Wildman–Crippen MR) is 65.5 cm³/mol. The summed E-state index contributed by atoms with van der Waals surface area (Å²) in [5, 5.41) is 2.92. The lowest BCUT2D eigenvalue weighted by atomic mass is 10.1. The summed E-state index contributed by atoms with van der Waals surface area (Å²) in [4.78, 5) is 4.17. The van der Waals surface area contributed by atoms with Gasteiger partial charge in [-0.15, -0.1) is 11.3 Å². The van der Waals surface area contributed by atoms with Crippen molar-refractivity contribution in [2.45, 2.75) is 20.1 Å². The molecule has 3 nitrogen and oxygen atoms in total. The van der Waals surface area contributed by atoms with E-state index in [1.54, 1.807) is 17.5 Å². The molecule has 0 spiro atoms. The third kappa shape index (κ3) is 2.59. The zero-order chi connectivity index (χ0) is 11.4. The quantitative estimate of drug-likeness (QED) is 0.884. The van der Waals surface area contributed by atoms with Crippen LogP contribution in [0.15, 0.2) is 29.8 Å². The minimum absolute atomic E-state index is 0.495. The Morgan fingerprint density at radius 3 is 3.00 bits per heavy atom. The van der Waals surface area contributed by atoms with Crippen LogP contribution in [0.3, 0.4) is 0 Å². The largest absolute Gasteiger partial charge is 0.486 e. The zero-order valence-electron chi connectivity index (χ0n) is 9.14. The molecule has 0 atom stereocenters. The van der Waals surface area contributed by atoms with Crippen molar-refractivity contribution < 1.29 is 4.74 Å². The number of hydrogen-bond donors (Lipinski definition) is 1. The second-order valence-electron chi connectivity index (χ2n) is 3.53. The first-order valence-electron chi connectivity index (χ1n) is 5.10. The van der Waals surface area contributed by atoms with Crippen LogP contribution < -0.4 is 10.5 Å². The van der Waals surface area contributed by atoms with Crippen LogP contribution in [0.1, 0.15) is 16.1 Å². The molecule has 0 unspecified atom stereocenters. The van der Waals surface area contributed by atoms with Crippen molar-refractivity contribution >= 4 is 11.3 Å². The molecule has 2 aromatic rings. The van der Waals surface area contributed by atoms with E-state index in [1.807, 2.05) is 24.4 Å². The van der Waals surface area contributed by atoms with Gasteiger partial charge in [-0.2, -0.15) is 0 Å². The topological polar surface area (TPSA) is 48.1 Å². The molecule has 1 aromatic carbocycles. The SMILES string of the molecule is Cc1ccc(OCc2nccs2)c(CN)c1. The van der Waals surface area contributed by atoms with Crippen molar-refractivity contribution in [3.8, 4) is 5.75 Å². The predicted octanol–water partition coefficient (Wildman–Crippen LogP) is 2.49. The highest BCUT2D eigenvalue weighted by molar-refractivity contribution is 7.09. The van der Waals surface area contributed by atoms with Gasteiger partial charge in [0.25, 0.3) is 0 Å². The van der Waals surface area contributed by atoms with Crippen LogP contribution in [0.25, 0.3) is 0 Å². The number of benzene rings is 1. The maximum atomic E-state index is 5.70. The summed E-state index contributed by atoms with van der Waals surface area (Å²) in [6.45, 7) is 3.05. The molecule has 4 heteroatoms. The Hall–Kier alpha value is -1.39. The summed E-state index contributed by atoms with van der Waals surface area (Å²) in [6, 6.07) is 6.04. The third-order valence-corrected chi connectivity index (χ3v) is 3.02. The molecule has 1 aromatic heterocycles. The molecule has 0 aliphatic carbocycles. The van der Waals surface area contributed by atoms with Crippen LogP contribution in [0.4, 0.5) is 0 Å². The highest BCUT2D eigenvalue weighted by Gasteiger charge is 2.03. The van der Waals surface area contributed by atoms with Crippen molar-refractivity contribution in [3.63, 3.8) is 0 Å². The molecule has 0 aliphatic rings. The van der Waals surface area contributed by atoms with Gasteiger partial charge >= 0.3 is 0 Å². The van der Waals surface area contributed by atoms with E-state index in [0.29, 0.717) is 13.2 Å². The second-order valence-corrected chi connectivity index (χ2v) is 4.51. The third-order valence-electron chi connectivity index (χ3n) is 2.27. The fourth-order valence-corrected chi connectivity index (χ4v) is 2.00. The van der Waals surface area contributed by atoms with E-state index < -0.39 is 0 Å². The van der Waals surface area contributed by atoms with Crippen molar-refractivity contribution in [3.05, 3.63) is 45.9 Å². The molecule has 16 heavy (non-hydrogen) atoms. The van der Waals surface area contributed by atoms with Gasteiger partial charge in [0.05, 0.1) is 0 Å². The zero-order valence-corrected chi connectivity index (χ0v) is 9.96. The van der Waals surface area contributed by atoms with Crippen LogP contribution in [-0.2, 0) is 13.2 Å². The van der Waals surface area contributed by atoms with Crippen LogP contribution >= 0.6 is 11.3 Å². The van der Waals surface area contributed by atoms with Gasteiger partial charge in [0, 0.05) is 23.7 Å². The molecule has 1 heterocycles. The monoisotopic (exact) mass is 234 g/mol. The number of ether oxygens (including phenoxy) is 1. The molecular weight excluding hydrogens is 220 g/mol. The highest BCUT2D eigenvalue weighted by atomic mass is 32.1. The van der Waals surface area contributed by atoms with E-state index in [-0.39, 0.29) is 0 Å². The first kappa shape index (κ1) is 11.1.